The summed E-state index contributed by atoms with van der Waals surface area (Å²) in [5.74, 6) is -0.662. The van der Waals surface area contributed by atoms with Crippen molar-refractivity contribution in [1.82, 2.24) is 0 Å². The third-order valence-corrected chi connectivity index (χ3v) is 5.15. The van der Waals surface area contributed by atoms with Crippen LogP contribution in [0.25, 0.3) is 0 Å². The Hall–Kier alpha value is -1.93. The number of hydrogen-bond acceptors (Lipinski definition) is 4. The first-order chi connectivity index (χ1) is 9.68. The van der Waals surface area contributed by atoms with E-state index in [-0.39, 0.29) is 15.5 Å². The van der Waals surface area contributed by atoms with E-state index in [1.807, 2.05) is 0 Å². The van der Waals surface area contributed by atoms with Gasteiger partial charge in [-0.1, -0.05) is 6.07 Å². The maximum Gasteiger partial charge on any atom is 0.261 e. The third-order valence-electron chi connectivity index (χ3n) is 2.64. The van der Waals surface area contributed by atoms with E-state index >= 15 is 0 Å². The van der Waals surface area contributed by atoms with E-state index in [1.165, 1.54) is 36.4 Å². The third kappa shape index (κ3) is 3.79. The molecule has 0 unspecified atom stereocenters. The van der Waals surface area contributed by atoms with E-state index in [1.54, 1.807) is 0 Å². The number of sulfone groups is 1. The molecule has 0 amide bonds. The Balaban J connectivity index is 2.29. The number of anilines is 1. The molecule has 0 heterocycles. The van der Waals surface area contributed by atoms with E-state index in [0.29, 0.717) is 0 Å². The molecule has 0 aliphatic heterocycles. The first-order valence-corrected chi connectivity index (χ1v) is 9.14. The fraction of sp³-hybridized carbons (Fsp3) is 0.0769. The molecule has 0 atom stereocenters. The van der Waals surface area contributed by atoms with Gasteiger partial charge in [0.05, 0.1) is 9.79 Å². The Morgan fingerprint density at radius 3 is 2.05 bits per heavy atom. The zero-order chi connectivity index (χ0) is 15.7. The van der Waals surface area contributed by atoms with Gasteiger partial charge in [0.15, 0.2) is 9.84 Å². The van der Waals surface area contributed by atoms with Crippen LogP contribution in [-0.4, -0.2) is 23.1 Å². The maximum absolute atomic E-state index is 13.1. The number of nitrogens with one attached hydrogen (secondary N) is 1. The second-order valence-electron chi connectivity index (χ2n) is 4.36. The summed E-state index contributed by atoms with van der Waals surface area (Å²) in [5.41, 5.74) is 0.187. The van der Waals surface area contributed by atoms with Gasteiger partial charge >= 0.3 is 0 Å². The molecule has 2 aromatic carbocycles. The number of rotatable bonds is 4. The lowest BCUT2D eigenvalue weighted by Crippen LogP contribution is -2.13. The van der Waals surface area contributed by atoms with Crippen LogP contribution in [-0.2, 0) is 19.9 Å². The second-order valence-corrected chi connectivity index (χ2v) is 8.06. The molecule has 21 heavy (non-hydrogen) atoms. The van der Waals surface area contributed by atoms with Crippen LogP contribution in [0.15, 0.2) is 58.3 Å². The van der Waals surface area contributed by atoms with Crippen LogP contribution in [0, 0.1) is 5.82 Å². The van der Waals surface area contributed by atoms with Crippen LogP contribution in [0.4, 0.5) is 10.1 Å². The molecule has 0 bridgehead atoms. The van der Waals surface area contributed by atoms with Gasteiger partial charge in [0.2, 0.25) is 0 Å². The summed E-state index contributed by atoms with van der Waals surface area (Å²) in [6.07, 6.45) is 1.05. The zero-order valence-electron chi connectivity index (χ0n) is 10.9. The highest BCUT2D eigenvalue weighted by Crippen LogP contribution is 2.18. The SMILES string of the molecule is CS(=O)(=O)c1ccc(NS(=O)(=O)c2cccc(F)c2)cc1. The summed E-state index contributed by atoms with van der Waals surface area (Å²) in [6, 6.07) is 9.82. The fourth-order valence-corrected chi connectivity index (χ4v) is 3.34. The average Bonchev–Trinajstić information content (AvgIpc) is 2.38. The van der Waals surface area contributed by atoms with Gasteiger partial charge in [0, 0.05) is 11.9 Å². The van der Waals surface area contributed by atoms with E-state index in [4.69, 9.17) is 0 Å². The lowest BCUT2D eigenvalue weighted by Gasteiger charge is -2.08. The largest absolute Gasteiger partial charge is 0.280 e. The molecule has 0 radical (unpaired) electrons. The summed E-state index contributed by atoms with van der Waals surface area (Å²) in [7, 11) is -7.27. The second kappa shape index (κ2) is 5.45. The highest BCUT2D eigenvalue weighted by atomic mass is 32.2. The van der Waals surface area contributed by atoms with Crippen LogP contribution >= 0.6 is 0 Å². The molecule has 2 aromatic rings. The monoisotopic (exact) mass is 329 g/mol. The molecule has 5 nitrogen and oxygen atoms in total. The van der Waals surface area contributed by atoms with Crippen molar-refractivity contribution < 1.29 is 21.2 Å². The highest BCUT2D eigenvalue weighted by molar-refractivity contribution is 7.92. The van der Waals surface area contributed by atoms with Crippen LogP contribution in [0.1, 0.15) is 0 Å². The summed E-state index contributed by atoms with van der Waals surface area (Å²) in [5, 5.41) is 0. The molecular weight excluding hydrogens is 317 g/mol. The van der Waals surface area contributed by atoms with Crippen LogP contribution < -0.4 is 4.72 Å². The molecule has 2 rings (SSSR count). The van der Waals surface area contributed by atoms with Gasteiger partial charge in [0.1, 0.15) is 5.82 Å². The lowest BCUT2D eigenvalue weighted by atomic mass is 10.3. The van der Waals surface area contributed by atoms with Crippen LogP contribution in [0.3, 0.4) is 0 Å². The van der Waals surface area contributed by atoms with Gasteiger partial charge in [0.25, 0.3) is 10.0 Å². The van der Waals surface area contributed by atoms with Gasteiger partial charge in [-0.15, -0.1) is 0 Å². The maximum atomic E-state index is 13.1. The molecule has 112 valence electrons. The lowest BCUT2D eigenvalue weighted by molar-refractivity contribution is 0.595. The van der Waals surface area contributed by atoms with E-state index in [0.717, 1.165) is 18.4 Å². The predicted molar refractivity (Wildman–Crippen MR) is 76.8 cm³/mol. The first kappa shape index (κ1) is 15.5. The molecule has 0 aliphatic carbocycles. The molecular formula is C13H12FNO4S2. The van der Waals surface area contributed by atoms with Gasteiger partial charge < -0.3 is 0 Å². The van der Waals surface area contributed by atoms with Crippen molar-refractivity contribution in [2.24, 2.45) is 0 Å². The van der Waals surface area contributed by atoms with E-state index in [2.05, 4.69) is 4.72 Å². The Morgan fingerprint density at radius 2 is 1.52 bits per heavy atom. The Kier molecular flexibility index (Phi) is 4.02. The number of hydrogen-bond donors (Lipinski definition) is 1. The molecule has 0 aromatic heterocycles. The standard InChI is InChI=1S/C13H12FNO4S2/c1-20(16,17)12-7-5-11(6-8-12)15-21(18,19)13-4-2-3-10(14)9-13/h2-9,15H,1H3. The van der Waals surface area contributed by atoms with Crippen molar-refractivity contribution in [3.63, 3.8) is 0 Å². The minimum absolute atomic E-state index is 0.0798. The molecule has 8 heteroatoms. The number of sulfonamides is 1. The summed E-state index contributed by atoms with van der Waals surface area (Å²) < 4.78 is 62.0. The molecule has 0 saturated heterocycles. The Labute approximate surface area is 122 Å². The van der Waals surface area contributed by atoms with E-state index in [9.17, 15) is 21.2 Å². The summed E-state index contributed by atoms with van der Waals surface area (Å²) in [6.45, 7) is 0. The van der Waals surface area contributed by atoms with Gasteiger partial charge in [-0.05, 0) is 42.5 Å². The van der Waals surface area contributed by atoms with Crippen molar-refractivity contribution in [2.75, 3.05) is 11.0 Å². The van der Waals surface area contributed by atoms with Gasteiger partial charge in [-0.2, -0.15) is 0 Å². The Morgan fingerprint density at radius 1 is 0.905 bits per heavy atom. The average molecular weight is 329 g/mol. The summed E-state index contributed by atoms with van der Waals surface area (Å²) in [4.78, 5) is -0.133. The number of halogens is 1. The van der Waals surface area contributed by atoms with E-state index < -0.39 is 25.7 Å². The summed E-state index contributed by atoms with van der Waals surface area (Å²) >= 11 is 0. The van der Waals surface area contributed by atoms with Gasteiger partial charge in [-0.25, -0.2) is 21.2 Å². The number of benzene rings is 2. The van der Waals surface area contributed by atoms with Gasteiger partial charge in [-0.3, -0.25) is 4.72 Å². The van der Waals surface area contributed by atoms with Crippen molar-refractivity contribution in [2.45, 2.75) is 9.79 Å². The highest BCUT2D eigenvalue weighted by Gasteiger charge is 2.15. The Bertz CT molecular complexity index is 859. The van der Waals surface area contributed by atoms with Crippen molar-refractivity contribution in [3.8, 4) is 0 Å². The molecule has 1 N–H and O–H groups in total. The molecule has 0 saturated carbocycles. The molecule has 0 fully saturated rings. The quantitative estimate of drug-likeness (QED) is 0.931. The topological polar surface area (TPSA) is 80.3 Å². The smallest absolute Gasteiger partial charge is 0.261 e. The minimum Gasteiger partial charge on any atom is -0.280 e. The predicted octanol–water partition coefficient (Wildman–Crippen LogP) is 2.03. The molecule has 0 aliphatic rings. The van der Waals surface area contributed by atoms with Crippen LogP contribution in [0.5, 0.6) is 0 Å². The minimum atomic E-state index is -3.92. The normalized spacial score (nSPS) is 12.1. The van der Waals surface area contributed by atoms with Crippen molar-refractivity contribution in [3.05, 3.63) is 54.3 Å². The molecule has 0 spiro atoms. The van der Waals surface area contributed by atoms with Crippen LogP contribution in [0.2, 0.25) is 0 Å². The fourth-order valence-electron chi connectivity index (χ4n) is 1.62. The van der Waals surface area contributed by atoms with Crippen molar-refractivity contribution >= 4 is 25.5 Å². The van der Waals surface area contributed by atoms with Crippen molar-refractivity contribution in [1.29, 1.82) is 0 Å². The zero-order valence-corrected chi connectivity index (χ0v) is 12.6. The first-order valence-electron chi connectivity index (χ1n) is 5.77.